The van der Waals surface area contributed by atoms with Crippen LogP contribution in [0.4, 0.5) is 0 Å². The largest absolute Gasteiger partial charge is 0.480 e. The van der Waals surface area contributed by atoms with Crippen molar-refractivity contribution in [2.24, 2.45) is 5.92 Å². The van der Waals surface area contributed by atoms with Crippen molar-refractivity contribution in [2.45, 2.75) is 39.0 Å². The molecule has 0 aliphatic carbocycles. The zero-order valence-corrected chi connectivity index (χ0v) is 14.3. The molecule has 1 aliphatic rings. The highest BCUT2D eigenvalue weighted by Gasteiger charge is 2.29. The van der Waals surface area contributed by atoms with Gasteiger partial charge in [0.1, 0.15) is 11.8 Å². The summed E-state index contributed by atoms with van der Waals surface area (Å²) in [5.74, 6) is 0.994. The minimum atomic E-state index is 0.0949. The Morgan fingerprint density at radius 3 is 3.04 bits per heavy atom. The van der Waals surface area contributed by atoms with E-state index in [4.69, 9.17) is 9.47 Å². The lowest BCUT2D eigenvalue weighted by Crippen LogP contribution is -2.33. The molecular weight excluding hydrogens is 306 g/mol. The number of aromatic nitrogens is 4. The van der Waals surface area contributed by atoms with Gasteiger partial charge in [-0.3, -0.25) is 9.67 Å². The van der Waals surface area contributed by atoms with Crippen LogP contribution in [-0.2, 0) is 17.8 Å². The Morgan fingerprint density at radius 2 is 2.21 bits per heavy atom. The van der Waals surface area contributed by atoms with E-state index in [0.29, 0.717) is 18.3 Å². The van der Waals surface area contributed by atoms with Crippen LogP contribution in [0, 0.1) is 5.92 Å². The molecular formula is C17H25N5O2. The van der Waals surface area contributed by atoms with E-state index in [9.17, 15) is 0 Å². The quantitative estimate of drug-likeness (QED) is 0.836. The molecule has 1 N–H and O–H groups in total. The van der Waals surface area contributed by atoms with Crippen LogP contribution in [0.3, 0.4) is 0 Å². The maximum atomic E-state index is 6.07. The number of hydrogen-bond acceptors (Lipinski definition) is 6. The number of nitrogens with one attached hydrogen (secondary N) is 1. The average molecular weight is 331 g/mol. The van der Waals surface area contributed by atoms with E-state index in [-0.39, 0.29) is 6.10 Å². The molecule has 0 aromatic carbocycles. The summed E-state index contributed by atoms with van der Waals surface area (Å²) in [6, 6.07) is 2.07. The first-order valence-corrected chi connectivity index (χ1v) is 8.51. The number of hydrogen-bond donors (Lipinski definition) is 1. The second-order valence-electron chi connectivity index (χ2n) is 5.91. The third-order valence-electron chi connectivity index (χ3n) is 4.41. The number of aryl methyl sites for hydroxylation is 1. The topological polar surface area (TPSA) is 74.1 Å². The standard InChI is InChI=1S/C17H25N5O2/c1-3-22-15(6-7-21-22)16-13(5-4-10-24-16)11-18-12-14-17(23-2)20-9-8-19-14/h6-9,13,16,18H,3-5,10-12H2,1-2H3/t13-,16+/m0/s1. The maximum absolute atomic E-state index is 6.07. The van der Waals surface area contributed by atoms with Crippen molar-refractivity contribution in [1.29, 1.82) is 0 Å². The molecule has 0 unspecified atom stereocenters. The fraction of sp³-hybridized carbons (Fsp3) is 0.588. The fourth-order valence-electron chi connectivity index (χ4n) is 3.25. The molecule has 0 amide bonds. The third-order valence-corrected chi connectivity index (χ3v) is 4.41. The van der Waals surface area contributed by atoms with Crippen LogP contribution in [0.25, 0.3) is 0 Å². The Bertz CT molecular complexity index is 645. The Kier molecular flexibility index (Phi) is 5.77. The van der Waals surface area contributed by atoms with Gasteiger partial charge in [0.25, 0.3) is 0 Å². The second kappa shape index (κ2) is 8.21. The first-order chi connectivity index (χ1) is 11.8. The summed E-state index contributed by atoms with van der Waals surface area (Å²) in [7, 11) is 1.62. The van der Waals surface area contributed by atoms with Crippen molar-refractivity contribution in [2.75, 3.05) is 20.3 Å². The Hall–Kier alpha value is -1.99. The van der Waals surface area contributed by atoms with Crippen molar-refractivity contribution in [3.63, 3.8) is 0 Å². The first-order valence-electron chi connectivity index (χ1n) is 8.51. The lowest BCUT2D eigenvalue weighted by molar-refractivity contribution is -0.0327. The minimum Gasteiger partial charge on any atom is -0.480 e. The lowest BCUT2D eigenvalue weighted by Gasteiger charge is -2.32. The van der Waals surface area contributed by atoms with Gasteiger partial charge < -0.3 is 14.8 Å². The summed E-state index contributed by atoms with van der Waals surface area (Å²) < 4.78 is 13.3. The van der Waals surface area contributed by atoms with Gasteiger partial charge >= 0.3 is 0 Å². The van der Waals surface area contributed by atoms with Crippen LogP contribution in [0.2, 0.25) is 0 Å². The van der Waals surface area contributed by atoms with Gasteiger partial charge in [0.15, 0.2) is 0 Å². The normalized spacial score (nSPS) is 20.9. The van der Waals surface area contributed by atoms with Crippen molar-refractivity contribution in [3.05, 3.63) is 36.0 Å². The van der Waals surface area contributed by atoms with Crippen LogP contribution in [0.1, 0.15) is 37.3 Å². The SMILES string of the molecule is CCn1nccc1[C@@H]1OCCC[C@H]1CNCc1nccnc1OC. The molecule has 7 nitrogen and oxygen atoms in total. The molecule has 1 fully saturated rings. The van der Waals surface area contributed by atoms with E-state index < -0.39 is 0 Å². The Balaban J connectivity index is 1.62. The zero-order chi connectivity index (χ0) is 16.8. The van der Waals surface area contributed by atoms with E-state index in [1.54, 1.807) is 19.5 Å². The molecule has 130 valence electrons. The van der Waals surface area contributed by atoms with Crippen LogP contribution in [0.15, 0.2) is 24.7 Å². The van der Waals surface area contributed by atoms with Gasteiger partial charge in [-0.25, -0.2) is 4.98 Å². The molecule has 2 aromatic heterocycles. The molecule has 0 saturated carbocycles. The first kappa shape index (κ1) is 16.9. The number of rotatable bonds is 7. The number of ether oxygens (including phenoxy) is 2. The monoisotopic (exact) mass is 331 g/mol. The predicted octanol–water partition coefficient (Wildman–Crippen LogP) is 1.96. The van der Waals surface area contributed by atoms with Gasteiger partial charge in [0, 0.05) is 50.7 Å². The highest BCUT2D eigenvalue weighted by molar-refractivity contribution is 5.16. The lowest BCUT2D eigenvalue weighted by atomic mass is 9.92. The van der Waals surface area contributed by atoms with Crippen LogP contribution in [-0.4, -0.2) is 40.0 Å². The van der Waals surface area contributed by atoms with E-state index in [2.05, 4.69) is 33.4 Å². The number of nitrogens with zero attached hydrogens (tertiary/aromatic N) is 4. The van der Waals surface area contributed by atoms with E-state index in [1.807, 2.05) is 10.9 Å². The van der Waals surface area contributed by atoms with E-state index in [1.165, 1.54) is 5.69 Å². The van der Waals surface area contributed by atoms with Crippen LogP contribution in [0.5, 0.6) is 5.88 Å². The van der Waals surface area contributed by atoms with Crippen molar-refractivity contribution in [3.8, 4) is 5.88 Å². The highest BCUT2D eigenvalue weighted by Crippen LogP contribution is 2.33. The summed E-state index contributed by atoms with van der Waals surface area (Å²) in [6.07, 6.45) is 7.51. The molecule has 0 radical (unpaired) electrons. The van der Waals surface area contributed by atoms with Gasteiger partial charge in [0.2, 0.25) is 5.88 Å². The van der Waals surface area contributed by atoms with Crippen molar-refractivity contribution < 1.29 is 9.47 Å². The van der Waals surface area contributed by atoms with Crippen molar-refractivity contribution in [1.82, 2.24) is 25.1 Å². The third kappa shape index (κ3) is 3.73. The summed E-state index contributed by atoms with van der Waals surface area (Å²) in [5.41, 5.74) is 1.99. The van der Waals surface area contributed by atoms with Crippen LogP contribution < -0.4 is 10.1 Å². The van der Waals surface area contributed by atoms with Gasteiger partial charge in [-0.05, 0) is 25.8 Å². The fourth-order valence-corrected chi connectivity index (χ4v) is 3.25. The zero-order valence-electron chi connectivity index (χ0n) is 14.3. The van der Waals surface area contributed by atoms with Gasteiger partial charge in [-0.1, -0.05) is 0 Å². The van der Waals surface area contributed by atoms with Crippen LogP contribution >= 0.6 is 0 Å². The van der Waals surface area contributed by atoms with Gasteiger partial charge in [-0.15, -0.1) is 0 Å². The Morgan fingerprint density at radius 1 is 1.33 bits per heavy atom. The molecule has 3 heterocycles. The highest BCUT2D eigenvalue weighted by atomic mass is 16.5. The van der Waals surface area contributed by atoms with Gasteiger partial charge in [-0.2, -0.15) is 5.10 Å². The van der Waals surface area contributed by atoms with E-state index in [0.717, 1.165) is 38.2 Å². The Labute approximate surface area is 142 Å². The molecule has 1 aliphatic heterocycles. The molecule has 0 bridgehead atoms. The maximum Gasteiger partial charge on any atom is 0.236 e. The summed E-state index contributed by atoms with van der Waals surface area (Å²) in [4.78, 5) is 8.51. The molecule has 2 atom stereocenters. The van der Waals surface area contributed by atoms with Crippen molar-refractivity contribution >= 4 is 0 Å². The molecule has 7 heteroatoms. The smallest absolute Gasteiger partial charge is 0.236 e. The molecule has 2 aromatic rings. The molecule has 1 saturated heterocycles. The molecule has 0 spiro atoms. The molecule has 3 rings (SSSR count). The number of methoxy groups -OCH3 is 1. The summed E-state index contributed by atoms with van der Waals surface area (Å²) in [6.45, 7) is 5.27. The predicted molar refractivity (Wildman–Crippen MR) is 89.6 cm³/mol. The summed E-state index contributed by atoms with van der Waals surface area (Å²) in [5, 5.41) is 7.86. The average Bonchev–Trinajstić information content (AvgIpc) is 3.11. The summed E-state index contributed by atoms with van der Waals surface area (Å²) >= 11 is 0. The second-order valence-corrected chi connectivity index (χ2v) is 5.91. The molecule has 24 heavy (non-hydrogen) atoms. The van der Waals surface area contributed by atoms with Gasteiger partial charge in [0.05, 0.1) is 12.8 Å². The minimum absolute atomic E-state index is 0.0949. The van der Waals surface area contributed by atoms with E-state index >= 15 is 0 Å².